The predicted molar refractivity (Wildman–Crippen MR) is 71.9 cm³/mol. The summed E-state index contributed by atoms with van der Waals surface area (Å²) >= 11 is 0. The Hall–Kier alpha value is -1.35. The van der Waals surface area contributed by atoms with Gasteiger partial charge in [-0.25, -0.2) is 4.79 Å². The van der Waals surface area contributed by atoms with Gasteiger partial charge in [-0.15, -0.1) is 6.58 Å². The van der Waals surface area contributed by atoms with Gasteiger partial charge in [-0.2, -0.15) is 0 Å². The molecule has 1 aliphatic rings. The molecule has 0 radical (unpaired) electrons. The molecule has 0 aliphatic carbocycles. The third-order valence-electron chi connectivity index (χ3n) is 3.30. The molecule has 0 spiro atoms. The molecule has 2 rings (SSSR count). The lowest BCUT2D eigenvalue weighted by Gasteiger charge is -2.30. The Labute approximate surface area is 103 Å². The highest BCUT2D eigenvalue weighted by Crippen LogP contribution is 2.44. The quantitative estimate of drug-likeness (QED) is 0.461. The summed E-state index contributed by atoms with van der Waals surface area (Å²) in [5, 5.41) is 0. The lowest BCUT2D eigenvalue weighted by molar-refractivity contribution is 0.0389. The van der Waals surface area contributed by atoms with E-state index < -0.39 is 8.07 Å². The van der Waals surface area contributed by atoms with Gasteiger partial charge >= 0.3 is 5.97 Å². The van der Waals surface area contributed by atoms with Crippen LogP contribution in [0.5, 0.6) is 0 Å². The molecule has 1 heterocycles. The molecular formula is C14H18O2Si. The van der Waals surface area contributed by atoms with Crippen molar-refractivity contribution in [2.75, 3.05) is 0 Å². The second-order valence-corrected chi connectivity index (χ2v) is 10.9. The summed E-state index contributed by atoms with van der Waals surface area (Å²) in [6.07, 6.45) is 1.81. The van der Waals surface area contributed by atoms with Crippen LogP contribution in [0.4, 0.5) is 0 Å². The van der Waals surface area contributed by atoms with Crippen LogP contribution < -0.4 is 0 Å². The minimum absolute atomic E-state index is 0.136. The van der Waals surface area contributed by atoms with Crippen LogP contribution in [0, 0.1) is 0 Å². The fourth-order valence-electron chi connectivity index (χ4n) is 2.37. The molecule has 0 aromatic heterocycles. The molecule has 1 aromatic rings. The van der Waals surface area contributed by atoms with Gasteiger partial charge in [-0.3, -0.25) is 0 Å². The average Bonchev–Trinajstić information content (AvgIpc) is 2.56. The van der Waals surface area contributed by atoms with Crippen LogP contribution in [0.2, 0.25) is 25.2 Å². The number of ether oxygens (including phenoxy) is 1. The van der Waals surface area contributed by atoms with Crippen LogP contribution in [-0.4, -0.2) is 14.0 Å². The van der Waals surface area contributed by atoms with Gasteiger partial charge < -0.3 is 4.74 Å². The number of benzene rings is 1. The van der Waals surface area contributed by atoms with Gasteiger partial charge in [-0.05, 0) is 6.07 Å². The van der Waals surface area contributed by atoms with Crippen LogP contribution in [-0.2, 0) is 4.74 Å². The first kappa shape index (κ1) is 12.1. The molecule has 0 fully saturated rings. The van der Waals surface area contributed by atoms with Crippen molar-refractivity contribution in [3.8, 4) is 0 Å². The molecule has 90 valence electrons. The SMILES string of the molecule is C=C[C@@H]([C@@H]1OC(=O)c2ccccc21)[Si](C)(C)C. The average molecular weight is 246 g/mol. The number of fused-ring (bicyclic) bond motifs is 1. The highest BCUT2D eigenvalue weighted by Gasteiger charge is 2.40. The second kappa shape index (κ2) is 4.15. The van der Waals surface area contributed by atoms with Crippen molar-refractivity contribution in [2.45, 2.75) is 31.3 Å². The van der Waals surface area contributed by atoms with E-state index in [1.807, 2.05) is 30.3 Å². The Balaban J connectivity index is 2.43. The van der Waals surface area contributed by atoms with Crippen molar-refractivity contribution < 1.29 is 9.53 Å². The van der Waals surface area contributed by atoms with Crippen LogP contribution in [0.3, 0.4) is 0 Å². The standard InChI is InChI=1S/C14H18O2Si/c1-5-12(17(2,3)4)13-10-8-6-7-9-11(10)14(15)16-13/h5-9,12-13H,1H2,2-4H3/t12-,13+/m0/s1. The zero-order valence-corrected chi connectivity index (χ0v) is 11.6. The molecule has 17 heavy (non-hydrogen) atoms. The highest BCUT2D eigenvalue weighted by atomic mass is 28.3. The fraction of sp³-hybridized carbons (Fsp3) is 0.357. The van der Waals surface area contributed by atoms with Crippen molar-refractivity contribution in [3.63, 3.8) is 0 Å². The molecule has 0 unspecified atom stereocenters. The maximum Gasteiger partial charge on any atom is 0.339 e. The lowest BCUT2D eigenvalue weighted by Crippen LogP contribution is -2.31. The Bertz CT molecular complexity index is 460. The van der Waals surface area contributed by atoms with E-state index in [1.54, 1.807) is 0 Å². The van der Waals surface area contributed by atoms with E-state index in [9.17, 15) is 4.79 Å². The molecule has 1 aliphatic heterocycles. The zero-order valence-electron chi connectivity index (χ0n) is 10.6. The summed E-state index contributed by atoms with van der Waals surface area (Å²) in [6, 6.07) is 7.65. The smallest absolute Gasteiger partial charge is 0.339 e. The van der Waals surface area contributed by atoms with Crippen LogP contribution in [0.15, 0.2) is 36.9 Å². The van der Waals surface area contributed by atoms with Crippen molar-refractivity contribution in [1.82, 2.24) is 0 Å². The molecule has 0 saturated carbocycles. The number of carbonyl (C=O) groups excluding carboxylic acids is 1. The first-order chi connectivity index (χ1) is 7.95. The summed E-state index contributed by atoms with van der Waals surface area (Å²) in [7, 11) is -1.45. The van der Waals surface area contributed by atoms with Gasteiger partial charge in [-0.1, -0.05) is 43.9 Å². The molecule has 2 nitrogen and oxygen atoms in total. The fourth-order valence-corrected chi connectivity index (χ4v) is 4.23. The second-order valence-electron chi connectivity index (χ2n) is 5.54. The molecule has 0 saturated heterocycles. The van der Waals surface area contributed by atoms with Gasteiger partial charge in [0, 0.05) is 11.1 Å². The summed E-state index contributed by atoms with van der Waals surface area (Å²) in [4.78, 5) is 11.8. The monoisotopic (exact) mass is 246 g/mol. The molecule has 1 aromatic carbocycles. The van der Waals surface area contributed by atoms with E-state index in [-0.39, 0.29) is 17.6 Å². The Morgan fingerprint density at radius 3 is 2.59 bits per heavy atom. The van der Waals surface area contributed by atoms with Crippen LogP contribution >= 0.6 is 0 Å². The molecular weight excluding hydrogens is 228 g/mol. The Morgan fingerprint density at radius 1 is 1.35 bits per heavy atom. The van der Waals surface area contributed by atoms with E-state index in [0.29, 0.717) is 5.56 Å². The van der Waals surface area contributed by atoms with E-state index in [2.05, 4.69) is 26.2 Å². The molecule has 3 heteroatoms. The normalized spacial score (nSPS) is 20.6. The Morgan fingerprint density at radius 2 is 2.00 bits per heavy atom. The van der Waals surface area contributed by atoms with Gasteiger partial charge in [0.15, 0.2) is 0 Å². The highest BCUT2D eigenvalue weighted by molar-refractivity contribution is 6.78. The van der Waals surface area contributed by atoms with Crippen LogP contribution in [0.1, 0.15) is 22.0 Å². The van der Waals surface area contributed by atoms with Gasteiger partial charge in [0.05, 0.1) is 13.6 Å². The summed E-state index contributed by atoms with van der Waals surface area (Å²) in [5.41, 5.74) is 1.99. The number of hydrogen-bond donors (Lipinski definition) is 0. The third-order valence-corrected chi connectivity index (χ3v) is 5.84. The molecule has 2 atom stereocenters. The van der Waals surface area contributed by atoms with E-state index in [0.717, 1.165) is 5.56 Å². The zero-order chi connectivity index (χ0) is 12.6. The van der Waals surface area contributed by atoms with Crippen molar-refractivity contribution in [1.29, 1.82) is 0 Å². The summed E-state index contributed by atoms with van der Waals surface area (Å²) < 4.78 is 5.54. The molecule has 0 amide bonds. The number of rotatable bonds is 3. The summed E-state index contributed by atoms with van der Waals surface area (Å²) in [5.74, 6) is -0.198. The van der Waals surface area contributed by atoms with Crippen molar-refractivity contribution in [2.24, 2.45) is 0 Å². The minimum atomic E-state index is -1.45. The molecule has 0 bridgehead atoms. The largest absolute Gasteiger partial charge is 0.454 e. The van der Waals surface area contributed by atoms with Gasteiger partial charge in [0.2, 0.25) is 0 Å². The molecule has 0 N–H and O–H groups in total. The Kier molecular flexibility index (Phi) is 2.95. The topological polar surface area (TPSA) is 26.3 Å². The van der Waals surface area contributed by atoms with Gasteiger partial charge in [0.1, 0.15) is 6.10 Å². The third kappa shape index (κ3) is 2.07. The van der Waals surface area contributed by atoms with Gasteiger partial charge in [0.25, 0.3) is 0 Å². The maximum absolute atomic E-state index is 11.8. The minimum Gasteiger partial charge on any atom is -0.454 e. The van der Waals surface area contributed by atoms with E-state index in [4.69, 9.17) is 4.74 Å². The van der Waals surface area contributed by atoms with Crippen molar-refractivity contribution in [3.05, 3.63) is 48.0 Å². The summed E-state index contributed by atoms with van der Waals surface area (Å²) in [6.45, 7) is 10.7. The maximum atomic E-state index is 11.8. The number of hydrogen-bond acceptors (Lipinski definition) is 2. The van der Waals surface area contributed by atoms with Crippen LogP contribution in [0.25, 0.3) is 0 Å². The van der Waals surface area contributed by atoms with E-state index >= 15 is 0 Å². The van der Waals surface area contributed by atoms with Crippen molar-refractivity contribution >= 4 is 14.0 Å². The first-order valence-electron chi connectivity index (χ1n) is 5.87. The first-order valence-corrected chi connectivity index (χ1v) is 9.45. The lowest BCUT2D eigenvalue weighted by atomic mass is 10.0. The predicted octanol–water partition coefficient (Wildman–Crippen LogP) is 3.79. The number of cyclic esters (lactones) is 1. The van der Waals surface area contributed by atoms with E-state index in [1.165, 1.54) is 0 Å². The number of carbonyl (C=O) groups is 1. The number of esters is 1.